The number of fused-ring (bicyclic) bond motifs is 2. The molecule has 0 saturated carbocycles. The van der Waals surface area contributed by atoms with Crippen LogP contribution in [0.25, 0.3) is 6.08 Å². The van der Waals surface area contributed by atoms with Gasteiger partial charge >= 0.3 is 12.3 Å². The van der Waals surface area contributed by atoms with E-state index in [9.17, 15) is 22.4 Å². The van der Waals surface area contributed by atoms with Crippen molar-refractivity contribution in [1.29, 1.82) is 5.26 Å². The molecule has 1 aromatic carbocycles. The van der Waals surface area contributed by atoms with Gasteiger partial charge in [0, 0.05) is 13.0 Å². The molecule has 0 radical (unpaired) electrons. The quantitative estimate of drug-likeness (QED) is 0.721. The predicted octanol–water partition coefficient (Wildman–Crippen LogP) is 3.93. The fourth-order valence-electron chi connectivity index (χ4n) is 2.58. The van der Waals surface area contributed by atoms with Crippen LogP contribution in [-0.2, 0) is 4.74 Å². The molecule has 0 aliphatic carbocycles. The Balaban J connectivity index is 0.000000266. The van der Waals surface area contributed by atoms with E-state index in [0.717, 1.165) is 19.3 Å². The first-order chi connectivity index (χ1) is 13.2. The SMILES string of the molecule is N#CCC(N)C(F)(F)F.O=C1Oc2cccc(F)c2/C=C\OC2CCCCN12. The standard InChI is InChI=1S/C14H14FNO3.C4H5F3N2/c15-11-4-3-5-12-10(11)7-9-18-13-6-1-2-8-16(13)14(17)19-12;5-4(6,7)3(9)1-2-8/h3-5,7,9,13H,1-2,6,8H2;3H,1,9H2/b9-7-;. The second kappa shape index (κ2) is 9.41. The maximum atomic E-state index is 13.7. The Labute approximate surface area is 159 Å². The van der Waals surface area contributed by atoms with Crippen LogP contribution < -0.4 is 10.5 Å². The number of nitrogens with two attached hydrogens (primary N) is 1. The van der Waals surface area contributed by atoms with Gasteiger partial charge in [0.2, 0.25) is 0 Å². The van der Waals surface area contributed by atoms with Gasteiger partial charge in [-0.15, -0.1) is 0 Å². The fraction of sp³-hybridized carbons (Fsp3) is 0.444. The maximum Gasteiger partial charge on any atom is 0.418 e. The molecule has 2 atom stereocenters. The highest BCUT2D eigenvalue weighted by atomic mass is 19.4. The largest absolute Gasteiger partial charge is 0.478 e. The molecule has 2 unspecified atom stereocenters. The summed E-state index contributed by atoms with van der Waals surface area (Å²) in [6.45, 7) is 0.599. The van der Waals surface area contributed by atoms with Gasteiger partial charge in [0.15, 0.2) is 6.23 Å². The molecule has 1 fully saturated rings. The Morgan fingerprint density at radius 3 is 2.75 bits per heavy atom. The van der Waals surface area contributed by atoms with Gasteiger partial charge < -0.3 is 15.2 Å². The zero-order valence-corrected chi connectivity index (χ0v) is 14.8. The summed E-state index contributed by atoms with van der Waals surface area (Å²) in [6.07, 6.45) is -0.297. The van der Waals surface area contributed by atoms with Crippen molar-refractivity contribution in [3.63, 3.8) is 0 Å². The molecule has 1 saturated heterocycles. The van der Waals surface area contributed by atoms with E-state index in [2.05, 4.69) is 5.73 Å². The van der Waals surface area contributed by atoms with Crippen LogP contribution in [0.2, 0.25) is 0 Å². The fourth-order valence-corrected chi connectivity index (χ4v) is 2.58. The summed E-state index contributed by atoms with van der Waals surface area (Å²) in [6, 6.07) is 3.74. The van der Waals surface area contributed by atoms with Crippen LogP contribution in [0.5, 0.6) is 5.75 Å². The summed E-state index contributed by atoms with van der Waals surface area (Å²) >= 11 is 0. The lowest BCUT2D eigenvalue weighted by atomic mass is 10.1. The molecule has 1 aromatic rings. The second-order valence-corrected chi connectivity index (χ2v) is 6.11. The molecule has 1 amide bonds. The first-order valence-electron chi connectivity index (χ1n) is 8.52. The van der Waals surface area contributed by atoms with Crippen molar-refractivity contribution in [3.05, 3.63) is 35.8 Å². The molecule has 152 valence electrons. The molecule has 2 heterocycles. The van der Waals surface area contributed by atoms with Gasteiger partial charge in [-0.2, -0.15) is 18.4 Å². The molecule has 0 aromatic heterocycles. The van der Waals surface area contributed by atoms with Gasteiger partial charge in [-0.1, -0.05) is 6.07 Å². The number of hydrogen-bond acceptors (Lipinski definition) is 5. The number of carbonyl (C=O) groups excluding carboxylic acids is 1. The van der Waals surface area contributed by atoms with Crippen LogP contribution in [0, 0.1) is 17.1 Å². The van der Waals surface area contributed by atoms with Crippen molar-refractivity contribution in [2.45, 2.75) is 44.1 Å². The summed E-state index contributed by atoms with van der Waals surface area (Å²) in [5, 5.41) is 7.77. The minimum Gasteiger partial charge on any atom is -0.478 e. The summed E-state index contributed by atoms with van der Waals surface area (Å²) < 4.78 is 58.6. The lowest BCUT2D eigenvalue weighted by molar-refractivity contribution is -0.146. The molecule has 3 rings (SSSR count). The molecule has 2 N–H and O–H groups in total. The summed E-state index contributed by atoms with van der Waals surface area (Å²) in [5.74, 6) is -0.221. The van der Waals surface area contributed by atoms with Gasteiger partial charge in [-0.25, -0.2) is 9.18 Å². The topological polar surface area (TPSA) is 88.6 Å². The van der Waals surface area contributed by atoms with Crippen molar-refractivity contribution in [2.75, 3.05) is 6.54 Å². The number of carbonyl (C=O) groups is 1. The van der Waals surface area contributed by atoms with Crippen LogP contribution in [0.4, 0.5) is 22.4 Å². The Morgan fingerprint density at radius 2 is 2.11 bits per heavy atom. The third kappa shape index (κ3) is 5.60. The number of hydrogen-bond donors (Lipinski definition) is 1. The van der Waals surface area contributed by atoms with Gasteiger partial charge in [0.25, 0.3) is 0 Å². The van der Waals surface area contributed by atoms with Gasteiger partial charge in [0.1, 0.15) is 17.6 Å². The van der Waals surface area contributed by atoms with E-state index in [-0.39, 0.29) is 17.5 Å². The zero-order valence-electron chi connectivity index (χ0n) is 14.8. The van der Waals surface area contributed by atoms with Crippen molar-refractivity contribution < 1.29 is 31.8 Å². The highest BCUT2D eigenvalue weighted by molar-refractivity contribution is 5.73. The number of amides is 1. The number of rotatable bonds is 1. The molecule has 0 bridgehead atoms. The smallest absolute Gasteiger partial charge is 0.418 e. The molecular weight excluding hydrogens is 382 g/mol. The Morgan fingerprint density at radius 1 is 1.36 bits per heavy atom. The predicted molar refractivity (Wildman–Crippen MR) is 91.1 cm³/mol. The molecular formula is C18H19F4N3O3. The molecule has 0 spiro atoms. The average Bonchev–Trinajstić information content (AvgIpc) is 2.70. The van der Waals surface area contributed by atoms with E-state index in [0.29, 0.717) is 6.54 Å². The van der Waals surface area contributed by atoms with E-state index >= 15 is 0 Å². The number of halogens is 4. The van der Waals surface area contributed by atoms with E-state index in [1.807, 2.05) is 0 Å². The van der Waals surface area contributed by atoms with E-state index in [1.54, 1.807) is 11.0 Å². The lowest BCUT2D eigenvalue weighted by Gasteiger charge is -2.33. The number of ether oxygens (including phenoxy) is 2. The van der Waals surface area contributed by atoms with Gasteiger partial charge in [0.05, 0.1) is 24.3 Å². The van der Waals surface area contributed by atoms with Crippen molar-refractivity contribution in [1.82, 2.24) is 4.90 Å². The second-order valence-electron chi connectivity index (χ2n) is 6.11. The van der Waals surface area contributed by atoms with E-state index < -0.39 is 30.5 Å². The molecule has 28 heavy (non-hydrogen) atoms. The Kier molecular flexibility index (Phi) is 7.23. The maximum absolute atomic E-state index is 13.7. The summed E-state index contributed by atoms with van der Waals surface area (Å²) in [7, 11) is 0. The Hall–Kier alpha value is -2.80. The lowest BCUT2D eigenvalue weighted by Crippen LogP contribution is -2.45. The van der Waals surface area contributed by atoms with Crippen LogP contribution in [-0.4, -0.2) is 36.0 Å². The van der Waals surface area contributed by atoms with Crippen LogP contribution in [0.1, 0.15) is 31.2 Å². The minimum absolute atomic E-state index is 0.219. The summed E-state index contributed by atoms with van der Waals surface area (Å²) in [5.41, 5.74) is 4.75. The molecule has 6 nitrogen and oxygen atoms in total. The van der Waals surface area contributed by atoms with E-state index in [1.165, 1.54) is 30.5 Å². The number of nitriles is 1. The van der Waals surface area contributed by atoms with Gasteiger partial charge in [-0.3, -0.25) is 4.90 Å². The monoisotopic (exact) mass is 401 g/mol. The van der Waals surface area contributed by atoms with E-state index in [4.69, 9.17) is 14.7 Å². The Bertz CT molecular complexity index is 761. The number of nitrogens with zero attached hydrogens (tertiary/aromatic N) is 2. The minimum atomic E-state index is -4.43. The number of alkyl halides is 3. The summed E-state index contributed by atoms with van der Waals surface area (Å²) in [4.78, 5) is 13.7. The molecule has 10 heteroatoms. The third-order valence-electron chi connectivity index (χ3n) is 4.09. The van der Waals surface area contributed by atoms with Crippen LogP contribution in [0.3, 0.4) is 0 Å². The van der Waals surface area contributed by atoms with Crippen molar-refractivity contribution in [3.8, 4) is 11.8 Å². The number of piperidine rings is 1. The number of benzene rings is 1. The van der Waals surface area contributed by atoms with Crippen molar-refractivity contribution in [2.24, 2.45) is 5.73 Å². The first-order valence-corrected chi connectivity index (χ1v) is 8.52. The van der Waals surface area contributed by atoms with Crippen LogP contribution >= 0.6 is 0 Å². The highest BCUT2D eigenvalue weighted by Gasteiger charge is 2.36. The average molecular weight is 401 g/mol. The highest BCUT2D eigenvalue weighted by Crippen LogP contribution is 2.27. The third-order valence-corrected chi connectivity index (χ3v) is 4.09. The molecule has 2 aliphatic rings. The normalized spacial score (nSPS) is 20.9. The van der Waals surface area contributed by atoms with Crippen LogP contribution in [0.15, 0.2) is 24.5 Å². The van der Waals surface area contributed by atoms with Crippen molar-refractivity contribution >= 4 is 12.2 Å². The molecule has 2 aliphatic heterocycles. The first kappa shape index (κ1) is 21.5. The zero-order chi connectivity index (χ0) is 20.7. The van der Waals surface area contributed by atoms with Gasteiger partial charge in [-0.05, 0) is 31.1 Å².